The van der Waals surface area contributed by atoms with Crippen LogP contribution < -0.4 is 5.32 Å². The Balaban J connectivity index is 0.00000192. The summed E-state index contributed by atoms with van der Waals surface area (Å²) in [5.74, 6) is 0.0969. The molecule has 0 unspecified atom stereocenters. The molecule has 2 aromatic rings. The molecule has 0 saturated carbocycles. The minimum Gasteiger partial charge on any atom is -0.344 e. The van der Waals surface area contributed by atoms with E-state index in [0.717, 1.165) is 24.2 Å². The van der Waals surface area contributed by atoms with Crippen molar-refractivity contribution in [2.24, 2.45) is 0 Å². The lowest BCUT2D eigenvalue weighted by Gasteiger charge is -2.22. The molecule has 1 N–H and O–H groups in total. The second kappa shape index (κ2) is 8.70. The van der Waals surface area contributed by atoms with E-state index in [1.54, 1.807) is 0 Å². The molecule has 2 aromatic carbocycles. The van der Waals surface area contributed by atoms with Crippen LogP contribution in [0.2, 0.25) is 0 Å². The molecule has 3 nitrogen and oxygen atoms in total. The third kappa shape index (κ3) is 4.81. The van der Waals surface area contributed by atoms with Crippen LogP contribution in [0.25, 0.3) is 0 Å². The van der Waals surface area contributed by atoms with Crippen molar-refractivity contribution in [3.8, 4) is 0 Å². The van der Waals surface area contributed by atoms with Gasteiger partial charge in [-0.25, -0.2) is 0 Å². The van der Waals surface area contributed by atoms with Crippen molar-refractivity contribution in [3.63, 3.8) is 0 Å². The van der Waals surface area contributed by atoms with E-state index in [1.165, 1.54) is 12.8 Å². The molecule has 0 spiro atoms. The molecule has 0 atom stereocenters. The molecule has 1 aliphatic heterocycles. The van der Waals surface area contributed by atoms with E-state index >= 15 is 0 Å². The predicted molar refractivity (Wildman–Crippen MR) is 95.8 cm³/mol. The maximum absolute atomic E-state index is 12.4. The van der Waals surface area contributed by atoms with Crippen molar-refractivity contribution < 1.29 is 4.79 Å². The standard InChI is InChI=1S/C19H22N2O.ClH/c22-18(15-21-13-7-8-14-21)20-19(16-9-3-1-4-10-16)17-11-5-2-6-12-17;/h1-6,9-12,19H,7-8,13-15H2,(H,20,22);1H. The third-order valence-electron chi connectivity index (χ3n) is 4.14. The average molecular weight is 331 g/mol. The van der Waals surface area contributed by atoms with Gasteiger partial charge in [0.2, 0.25) is 5.91 Å². The number of carbonyl (C=O) groups is 1. The quantitative estimate of drug-likeness (QED) is 0.911. The van der Waals surface area contributed by atoms with Gasteiger partial charge in [-0.15, -0.1) is 12.4 Å². The zero-order chi connectivity index (χ0) is 15.2. The monoisotopic (exact) mass is 330 g/mol. The highest BCUT2D eigenvalue weighted by molar-refractivity contribution is 5.85. The number of nitrogens with one attached hydrogen (secondary N) is 1. The number of rotatable bonds is 5. The summed E-state index contributed by atoms with van der Waals surface area (Å²) in [4.78, 5) is 14.6. The summed E-state index contributed by atoms with van der Waals surface area (Å²) in [6.07, 6.45) is 2.40. The molecule has 0 bridgehead atoms. The normalized spacial score (nSPS) is 14.5. The summed E-state index contributed by atoms with van der Waals surface area (Å²) in [5, 5.41) is 3.20. The van der Waals surface area contributed by atoms with E-state index in [9.17, 15) is 4.79 Å². The minimum atomic E-state index is -0.0856. The van der Waals surface area contributed by atoms with E-state index in [-0.39, 0.29) is 24.4 Å². The molecule has 0 aliphatic carbocycles. The molecule has 4 heteroatoms. The summed E-state index contributed by atoms with van der Waals surface area (Å²) in [7, 11) is 0. The van der Waals surface area contributed by atoms with Crippen LogP contribution in [0, 0.1) is 0 Å². The van der Waals surface area contributed by atoms with E-state index < -0.39 is 0 Å². The van der Waals surface area contributed by atoms with Crippen molar-refractivity contribution in [2.75, 3.05) is 19.6 Å². The summed E-state index contributed by atoms with van der Waals surface area (Å²) in [5.41, 5.74) is 2.23. The van der Waals surface area contributed by atoms with Gasteiger partial charge in [0.1, 0.15) is 0 Å². The van der Waals surface area contributed by atoms with E-state index in [1.807, 2.05) is 36.4 Å². The second-order valence-corrected chi connectivity index (χ2v) is 5.81. The van der Waals surface area contributed by atoms with Crippen molar-refractivity contribution in [3.05, 3.63) is 71.8 Å². The van der Waals surface area contributed by atoms with Crippen LogP contribution in [0.1, 0.15) is 30.0 Å². The first-order valence-corrected chi connectivity index (χ1v) is 7.94. The SMILES string of the molecule is Cl.O=C(CN1CCCC1)NC(c1ccccc1)c1ccccc1. The fourth-order valence-electron chi connectivity index (χ4n) is 3.00. The smallest absolute Gasteiger partial charge is 0.234 e. The van der Waals surface area contributed by atoms with Gasteiger partial charge in [-0.1, -0.05) is 60.7 Å². The van der Waals surface area contributed by atoms with Crippen LogP contribution in [0.5, 0.6) is 0 Å². The molecule has 3 rings (SSSR count). The summed E-state index contributed by atoms with van der Waals surface area (Å²) >= 11 is 0. The average Bonchev–Trinajstić information content (AvgIpc) is 3.07. The van der Waals surface area contributed by atoms with Gasteiger partial charge < -0.3 is 5.32 Å². The van der Waals surface area contributed by atoms with Gasteiger partial charge in [0.05, 0.1) is 12.6 Å². The lowest BCUT2D eigenvalue weighted by Crippen LogP contribution is -2.38. The number of benzene rings is 2. The molecule has 0 radical (unpaired) electrons. The molecule has 0 aromatic heterocycles. The Morgan fingerprint density at radius 2 is 1.39 bits per heavy atom. The zero-order valence-corrected chi connectivity index (χ0v) is 14.0. The molecule has 1 fully saturated rings. The highest BCUT2D eigenvalue weighted by Crippen LogP contribution is 2.21. The van der Waals surface area contributed by atoms with Crippen molar-refractivity contribution >= 4 is 18.3 Å². The van der Waals surface area contributed by atoms with Crippen LogP contribution in [0.4, 0.5) is 0 Å². The van der Waals surface area contributed by atoms with E-state index in [4.69, 9.17) is 0 Å². The fourth-order valence-corrected chi connectivity index (χ4v) is 3.00. The Hall–Kier alpha value is -1.84. The molecule has 122 valence electrons. The molecule has 1 heterocycles. The van der Waals surface area contributed by atoms with Gasteiger partial charge >= 0.3 is 0 Å². The number of carbonyl (C=O) groups excluding carboxylic acids is 1. The van der Waals surface area contributed by atoms with E-state index in [0.29, 0.717) is 6.54 Å². The topological polar surface area (TPSA) is 32.3 Å². The van der Waals surface area contributed by atoms with Crippen LogP contribution in [-0.4, -0.2) is 30.4 Å². The fraction of sp³-hybridized carbons (Fsp3) is 0.316. The Kier molecular flexibility index (Phi) is 6.63. The van der Waals surface area contributed by atoms with Gasteiger partial charge in [0, 0.05) is 0 Å². The Morgan fingerprint density at radius 3 is 1.87 bits per heavy atom. The predicted octanol–water partition coefficient (Wildman–Crippen LogP) is 3.41. The van der Waals surface area contributed by atoms with E-state index in [2.05, 4.69) is 34.5 Å². The van der Waals surface area contributed by atoms with Crippen LogP contribution >= 0.6 is 12.4 Å². The lowest BCUT2D eigenvalue weighted by molar-refractivity contribution is -0.122. The van der Waals surface area contributed by atoms with Crippen LogP contribution in [0.15, 0.2) is 60.7 Å². The minimum absolute atomic E-state index is 0. The van der Waals surface area contributed by atoms with Crippen molar-refractivity contribution in [2.45, 2.75) is 18.9 Å². The molecule has 1 saturated heterocycles. The Labute approximate surface area is 144 Å². The first-order valence-electron chi connectivity index (χ1n) is 7.94. The maximum Gasteiger partial charge on any atom is 0.234 e. The number of amides is 1. The first-order chi connectivity index (χ1) is 10.8. The maximum atomic E-state index is 12.4. The number of hydrogen-bond acceptors (Lipinski definition) is 2. The summed E-state index contributed by atoms with van der Waals surface area (Å²) in [6, 6.07) is 20.2. The van der Waals surface area contributed by atoms with Crippen molar-refractivity contribution in [1.29, 1.82) is 0 Å². The highest BCUT2D eigenvalue weighted by atomic mass is 35.5. The molecule has 23 heavy (non-hydrogen) atoms. The highest BCUT2D eigenvalue weighted by Gasteiger charge is 2.19. The number of halogens is 1. The molecule has 1 amide bonds. The largest absolute Gasteiger partial charge is 0.344 e. The number of nitrogens with zero attached hydrogens (tertiary/aromatic N) is 1. The molecular weight excluding hydrogens is 308 g/mol. The molecular formula is C19H23ClN2O. The number of hydrogen-bond donors (Lipinski definition) is 1. The lowest BCUT2D eigenvalue weighted by atomic mass is 9.99. The summed E-state index contributed by atoms with van der Waals surface area (Å²) in [6.45, 7) is 2.57. The van der Waals surface area contributed by atoms with Gasteiger partial charge in [0.15, 0.2) is 0 Å². The van der Waals surface area contributed by atoms with Gasteiger partial charge in [-0.3, -0.25) is 9.69 Å². The van der Waals surface area contributed by atoms with Gasteiger partial charge in [0.25, 0.3) is 0 Å². The van der Waals surface area contributed by atoms with Crippen LogP contribution in [-0.2, 0) is 4.79 Å². The molecule has 1 aliphatic rings. The van der Waals surface area contributed by atoms with Crippen LogP contribution in [0.3, 0.4) is 0 Å². The van der Waals surface area contributed by atoms with Gasteiger partial charge in [-0.05, 0) is 37.1 Å². The second-order valence-electron chi connectivity index (χ2n) is 5.81. The zero-order valence-electron chi connectivity index (χ0n) is 13.2. The first kappa shape index (κ1) is 17.5. The third-order valence-corrected chi connectivity index (χ3v) is 4.14. The van der Waals surface area contributed by atoms with Crippen molar-refractivity contribution in [1.82, 2.24) is 10.2 Å². The Bertz CT molecular complexity index is 558. The van der Waals surface area contributed by atoms with Gasteiger partial charge in [-0.2, -0.15) is 0 Å². The summed E-state index contributed by atoms with van der Waals surface area (Å²) < 4.78 is 0. The Morgan fingerprint density at radius 1 is 0.913 bits per heavy atom. The number of likely N-dealkylation sites (tertiary alicyclic amines) is 1.